The number of nitrogens with one attached hydrogen (secondary N) is 1. The molecule has 2 amide bonds. The van der Waals surface area contributed by atoms with Gasteiger partial charge in [0, 0.05) is 24.0 Å². The van der Waals surface area contributed by atoms with E-state index in [1.54, 1.807) is 32.1 Å². The van der Waals surface area contributed by atoms with Crippen LogP contribution in [0.2, 0.25) is 5.02 Å². The Labute approximate surface area is 201 Å². The van der Waals surface area contributed by atoms with Gasteiger partial charge in [-0.25, -0.2) is 0 Å². The molecule has 0 radical (unpaired) electrons. The summed E-state index contributed by atoms with van der Waals surface area (Å²) in [6.07, 6.45) is 5.04. The molecular weight excluding hydrogens is 440 g/mol. The van der Waals surface area contributed by atoms with Crippen molar-refractivity contribution < 1.29 is 19.1 Å². The van der Waals surface area contributed by atoms with Gasteiger partial charge in [-0.05, 0) is 55.5 Å². The van der Waals surface area contributed by atoms with Crippen molar-refractivity contribution in [3.8, 4) is 11.5 Å². The first kappa shape index (κ1) is 24.9. The van der Waals surface area contributed by atoms with E-state index in [-0.39, 0.29) is 30.8 Å². The molecule has 0 spiro atoms. The second-order valence-corrected chi connectivity index (χ2v) is 8.88. The fourth-order valence-corrected chi connectivity index (χ4v) is 4.41. The monoisotopic (exact) mass is 472 g/mol. The first-order chi connectivity index (χ1) is 15.9. The SMILES string of the molecule is COc1ccc(CCC(=O)N(Cc2ccccc2Cl)[C@@H](C)C(=O)NC2CCCC2)cc1OC. The smallest absolute Gasteiger partial charge is 0.242 e. The molecule has 1 fully saturated rings. The highest BCUT2D eigenvalue weighted by molar-refractivity contribution is 6.31. The summed E-state index contributed by atoms with van der Waals surface area (Å²) in [5.41, 5.74) is 1.78. The van der Waals surface area contributed by atoms with Crippen LogP contribution >= 0.6 is 11.6 Å². The summed E-state index contributed by atoms with van der Waals surface area (Å²) >= 11 is 6.37. The van der Waals surface area contributed by atoms with E-state index in [4.69, 9.17) is 21.1 Å². The van der Waals surface area contributed by atoms with Crippen LogP contribution in [0.5, 0.6) is 11.5 Å². The Hall–Kier alpha value is -2.73. The number of amides is 2. The lowest BCUT2D eigenvalue weighted by atomic mass is 10.1. The lowest BCUT2D eigenvalue weighted by Crippen LogP contribution is -2.49. The van der Waals surface area contributed by atoms with Crippen LogP contribution in [0.25, 0.3) is 0 Å². The number of ether oxygens (including phenoxy) is 2. The molecule has 0 aromatic heterocycles. The number of nitrogens with zero attached hydrogens (tertiary/aromatic N) is 1. The van der Waals surface area contributed by atoms with E-state index in [9.17, 15) is 9.59 Å². The van der Waals surface area contributed by atoms with E-state index in [0.717, 1.165) is 36.8 Å². The Balaban J connectivity index is 1.73. The first-order valence-electron chi connectivity index (χ1n) is 11.5. The second kappa shape index (κ2) is 11.9. The number of hydrogen-bond acceptors (Lipinski definition) is 4. The molecule has 7 heteroatoms. The van der Waals surface area contributed by atoms with E-state index in [0.29, 0.717) is 22.9 Å². The van der Waals surface area contributed by atoms with Crippen molar-refractivity contribution in [3.05, 3.63) is 58.6 Å². The first-order valence-corrected chi connectivity index (χ1v) is 11.8. The maximum Gasteiger partial charge on any atom is 0.242 e. The Morgan fingerprint density at radius 1 is 1.09 bits per heavy atom. The van der Waals surface area contributed by atoms with Crippen LogP contribution in [-0.4, -0.2) is 43.0 Å². The molecule has 1 aliphatic carbocycles. The summed E-state index contributed by atoms with van der Waals surface area (Å²) in [4.78, 5) is 28.0. The van der Waals surface area contributed by atoms with Crippen molar-refractivity contribution >= 4 is 23.4 Å². The van der Waals surface area contributed by atoms with Crippen LogP contribution in [0, 0.1) is 0 Å². The van der Waals surface area contributed by atoms with E-state index in [1.807, 2.05) is 36.4 Å². The number of methoxy groups -OCH3 is 2. The minimum atomic E-state index is -0.597. The van der Waals surface area contributed by atoms with Crippen LogP contribution < -0.4 is 14.8 Å². The molecule has 1 atom stereocenters. The van der Waals surface area contributed by atoms with Crippen molar-refractivity contribution in [1.82, 2.24) is 10.2 Å². The number of halogens is 1. The molecule has 2 aromatic carbocycles. The van der Waals surface area contributed by atoms with E-state index >= 15 is 0 Å². The lowest BCUT2D eigenvalue weighted by molar-refractivity contribution is -0.140. The highest BCUT2D eigenvalue weighted by Gasteiger charge is 2.28. The van der Waals surface area contributed by atoms with Crippen LogP contribution in [0.1, 0.15) is 50.2 Å². The molecule has 33 heavy (non-hydrogen) atoms. The zero-order valence-electron chi connectivity index (χ0n) is 19.6. The molecule has 0 bridgehead atoms. The van der Waals surface area contributed by atoms with Gasteiger partial charge in [-0.3, -0.25) is 9.59 Å². The zero-order valence-corrected chi connectivity index (χ0v) is 20.4. The third-order valence-corrected chi connectivity index (χ3v) is 6.61. The van der Waals surface area contributed by atoms with Gasteiger partial charge in [-0.2, -0.15) is 0 Å². The third kappa shape index (κ3) is 6.64. The Morgan fingerprint density at radius 3 is 2.45 bits per heavy atom. The summed E-state index contributed by atoms with van der Waals surface area (Å²) in [6.45, 7) is 2.07. The largest absolute Gasteiger partial charge is 0.493 e. The molecule has 6 nitrogen and oxygen atoms in total. The van der Waals surface area contributed by atoms with Crippen molar-refractivity contribution in [2.24, 2.45) is 0 Å². The molecule has 0 saturated heterocycles. The number of aryl methyl sites for hydroxylation is 1. The number of hydrogen-bond donors (Lipinski definition) is 1. The van der Waals surface area contributed by atoms with E-state index in [2.05, 4.69) is 5.32 Å². The maximum atomic E-state index is 13.3. The summed E-state index contributed by atoms with van der Waals surface area (Å²) in [5, 5.41) is 3.70. The fraction of sp³-hybridized carbons (Fsp3) is 0.462. The molecule has 0 heterocycles. The Kier molecular flexibility index (Phi) is 9.01. The minimum absolute atomic E-state index is 0.0984. The Bertz CT molecular complexity index is 959. The van der Waals surface area contributed by atoms with Crippen molar-refractivity contribution in [2.75, 3.05) is 14.2 Å². The van der Waals surface area contributed by atoms with Gasteiger partial charge in [-0.1, -0.05) is 48.7 Å². The summed E-state index contributed by atoms with van der Waals surface area (Å²) in [5.74, 6) is 1.05. The number of rotatable bonds is 10. The average molecular weight is 473 g/mol. The second-order valence-electron chi connectivity index (χ2n) is 8.47. The third-order valence-electron chi connectivity index (χ3n) is 6.24. The molecule has 3 rings (SSSR count). The Morgan fingerprint density at radius 2 is 1.79 bits per heavy atom. The zero-order chi connectivity index (χ0) is 23.8. The van der Waals surface area contributed by atoms with Gasteiger partial charge in [0.1, 0.15) is 6.04 Å². The molecule has 2 aromatic rings. The summed E-state index contributed by atoms with van der Waals surface area (Å²) in [6, 6.07) is 12.7. The molecule has 178 valence electrons. The van der Waals surface area contributed by atoms with Gasteiger partial charge < -0.3 is 19.7 Å². The molecule has 0 aliphatic heterocycles. The topological polar surface area (TPSA) is 67.9 Å². The molecule has 0 unspecified atom stereocenters. The highest BCUT2D eigenvalue weighted by atomic mass is 35.5. The number of benzene rings is 2. The lowest BCUT2D eigenvalue weighted by Gasteiger charge is -2.30. The van der Waals surface area contributed by atoms with Crippen molar-refractivity contribution in [3.63, 3.8) is 0 Å². The van der Waals surface area contributed by atoms with E-state index in [1.165, 1.54) is 0 Å². The van der Waals surface area contributed by atoms with Crippen LogP contribution in [0.3, 0.4) is 0 Å². The van der Waals surface area contributed by atoms with Crippen molar-refractivity contribution in [1.29, 1.82) is 0 Å². The fourth-order valence-electron chi connectivity index (χ4n) is 4.22. The summed E-state index contributed by atoms with van der Waals surface area (Å²) < 4.78 is 10.7. The van der Waals surface area contributed by atoms with Gasteiger partial charge >= 0.3 is 0 Å². The van der Waals surface area contributed by atoms with Gasteiger partial charge in [-0.15, -0.1) is 0 Å². The van der Waals surface area contributed by atoms with Gasteiger partial charge in [0.05, 0.1) is 14.2 Å². The van der Waals surface area contributed by atoms with Crippen LogP contribution in [0.15, 0.2) is 42.5 Å². The van der Waals surface area contributed by atoms with Gasteiger partial charge in [0.2, 0.25) is 11.8 Å². The molecule has 1 saturated carbocycles. The highest BCUT2D eigenvalue weighted by Crippen LogP contribution is 2.28. The maximum absolute atomic E-state index is 13.3. The van der Waals surface area contributed by atoms with Crippen LogP contribution in [0.4, 0.5) is 0 Å². The van der Waals surface area contributed by atoms with Gasteiger partial charge in [0.25, 0.3) is 0 Å². The molecular formula is C26H33ClN2O4. The minimum Gasteiger partial charge on any atom is -0.493 e. The molecule has 1 aliphatic rings. The average Bonchev–Trinajstić information content (AvgIpc) is 3.34. The number of carbonyl (C=O) groups excluding carboxylic acids is 2. The van der Waals surface area contributed by atoms with Crippen LogP contribution in [-0.2, 0) is 22.6 Å². The standard InChI is InChI=1S/C26H33ClN2O4/c1-18(26(31)28-21-9-5-6-10-21)29(17-20-8-4-7-11-22(20)27)25(30)15-13-19-12-14-23(32-2)24(16-19)33-3/h4,7-8,11-12,14,16,18,21H,5-6,9-10,13,15,17H2,1-3H3,(H,28,31)/t18-/m0/s1. The molecule has 1 N–H and O–H groups in total. The predicted molar refractivity (Wildman–Crippen MR) is 130 cm³/mol. The summed E-state index contributed by atoms with van der Waals surface area (Å²) in [7, 11) is 3.18. The van der Waals surface area contributed by atoms with E-state index < -0.39 is 6.04 Å². The predicted octanol–water partition coefficient (Wildman–Crippen LogP) is 4.77. The number of carbonyl (C=O) groups is 2. The van der Waals surface area contributed by atoms with Crippen molar-refractivity contribution in [2.45, 2.75) is 64.1 Å². The quantitative estimate of drug-likeness (QED) is 0.541. The van der Waals surface area contributed by atoms with Gasteiger partial charge in [0.15, 0.2) is 11.5 Å². The normalized spacial score (nSPS) is 14.5.